The molecular weight excluding hydrogens is 276 g/mol. The molecule has 0 fully saturated rings. The lowest BCUT2D eigenvalue weighted by Crippen LogP contribution is -2.21. The van der Waals surface area contributed by atoms with Crippen LogP contribution in [0.5, 0.6) is 0 Å². The van der Waals surface area contributed by atoms with Crippen molar-refractivity contribution < 1.29 is 0 Å². The zero-order valence-corrected chi connectivity index (χ0v) is 13.6. The highest BCUT2D eigenvalue weighted by molar-refractivity contribution is 5.78. The van der Waals surface area contributed by atoms with Crippen LogP contribution in [0.1, 0.15) is 46.5 Å². The third-order valence-electron chi connectivity index (χ3n) is 3.83. The molecule has 0 aliphatic rings. The first-order valence-corrected chi connectivity index (χ1v) is 8.11. The third kappa shape index (κ3) is 3.59. The summed E-state index contributed by atoms with van der Waals surface area (Å²) in [7, 11) is 0. The Bertz CT molecular complexity index is 701. The summed E-state index contributed by atoms with van der Waals surface area (Å²) in [4.78, 5) is 17.2. The van der Waals surface area contributed by atoms with Crippen molar-refractivity contribution >= 4 is 16.9 Å². The van der Waals surface area contributed by atoms with Crippen molar-refractivity contribution in [3.63, 3.8) is 0 Å². The second-order valence-electron chi connectivity index (χ2n) is 5.43. The number of rotatable bonds is 7. The maximum absolute atomic E-state index is 12.7. The van der Waals surface area contributed by atoms with Crippen LogP contribution in [0, 0.1) is 0 Å². The molecule has 0 unspecified atom stereocenters. The minimum Gasteiger partial charge on any atom is -0.275 e. The van der Waals surface area contributed by atoms with E-state index in [1.165, 1.54) is 0 Å². The second kappa shape index (κ2) is 7.82. The van der Waals surface area contributed by atoms with E-state index in [1.807, 2.05) is 24.3 Å². The zero-order chi connectivity index (χ0) is 15.9. The van der Waals surface area contributed by atoms with Gasteiger partial charge in [0.05, 0.1) is 16.9 Å². The Balaban J connectivity index is 2.52. The van der Waals surface area contributed by atoms with E-state index in [0.29, 0.717) is 23.4 Å². The molecule has 2 rings (SSSR count). The maximum Gasteiger partial charge on any atom is 0.262 e. The van der Waals surface area contributed by atoms with Gasteiger partial charge in [0.2, 0.25) is 0 Å². The third-order valence-corrected chi connectivity index (χ3v) is 3.83. The van der Waals surface area contributed by atoms with Crippen LogP contribution in [0.25, 0.3) is 10.9 Å². The lowest BCUT2D eigenvalue weighted by molar-refractivity contribution is 0.581. The number of azo groups is 1. The van der Waals surface area contributed by atoms with Crippen LogP contribution < -0.4 is 5.56 Å². The fourth-order valence-electron chi connectivity index (χ4n) is 2.34. The summed E-state index contributed by atoms with van der Waals surface area (Å²) in [6.45, 7) is 6.91. The SMILES string of the molecule is CCCCn1c(N=NC(CC)CC)nc2ccccc2c1=O. The van der Waals surface area contributed by atoms with Gasteiger partial charge >= 0.3 is 0 Å². The first-order chi connectivity index (χ1) is 10.7. The molecular formula is C17H24N4O. The number of hydrogen-bond acceptors (Lipinski definition) is 4. The molecule has 22 heavy (non-hydrogen) atoms. The lowest BCUT2D eigenvalue weighted by Gasteiger charge is -2.10. The van der Waals surface area contributed by atoms with Gasteiger partial charge in [0.15, 0.2) is 0 Å². The molecule has 2 aromatic rings. The highest BCUT2D eigenvalue weighted by Gasteiger charge is 2.10. The summed E-state index contributed by atoms with van der Waals surface area (Å²) in [5, 5.41) is 9.28. The quantitative estimate of drug-likeness (QED) is 0.708. The minimum absolute atomic E-state index is 0.0300. The Morgan fingerprint density at radius 1 is 1.18 bits per heavy atom. The fourth-order valence-corrected chi connectivity index (χ4v) is 2.34. The molecule has 0 bridgehead atoms. The largest absolute Gasteiger partial charge is 0.275 e. The maximum atomic E-state index is 12.7. The van der Waals surface area contributed by atoms with Gasteiger partial charge in [-0.3, -0.25) is 9.36 Å². The molecule has 5 nitrogen and oxygen atoms in total. The number of unbranched alkanes of at least 4 members (excludes halogenated alkanes) is 1. The summed E-state index contributed by atoms with van der Waals surface area (Å²) in [5.74, 6) is 0.420. The van der Waals surface area contributed by atoms with Crippen LogP contribution in [-0.2, 0) is 6.54 Å². The average Bonchev–Trinajstić information content (AvgIpc) is 2.55. The molecule has 1 heterocycles. The van der Waals surface area contributed by atoms with E-state index >= 15 is 0 Å². The smallest absolute Gasteiger partial charge is 0.262 e. The predicted octanol–water partition coefficient (Wildman–Crippen LogP) is 4.47. The van der Waals surface area contributed by atoms with Gasteiger partial charge in [-0.15, -0.1) is 5.11 Å². The highest BCUT2D eigenvalue weighted by atomic mass is 16.1. The van der Waals surface area contributed by atoms with Crippen LogP contribution in [0.3, 0.4) is 0 Å². The van der Waals surface area contributed by atoms with Gasteiger partial charge < -0.3 is 0 Å². The van der Waals surface area contributed by atoms with E-state index in [2.05, 4.69) is 36.0 Å². The predicted molar refractivity (Wildman–Crippen MR) is 89.8 cm³/mol. The Kier molecular flexibility index (Phi) is 5.81. The van der Waals surface area contributed by atoms with Crippen molar-refractivity contribution in [2.75, 3.05) is 0 Å². The molecule has 0 amide bonds. The van der Waals surface area contributed by atoms with Crippen LogP contribution in [0.15, 0.2) is 39.3 Å². The number of hydrogen-bond donors (Lipinski definition) is 0. The van der Waals surface area contributed by atoms with Crippen LogP contribution in [0.4, 0.5) is 5.95 Å². The fraction of sp³-hybridized carbons (Fsp3) is 0.529. The summed E-state index contributed by atoms with van der Waals surface area (Å²) in [6.07, 6.45) is 3.81. The first kappa shape index (κ1) is 16.3. The Morgan fingerprint density at radius 3 is 2.59 bits per heavy atom. The van der Waals surface area contributed by atoms with E-state index in [1.54, 1.807) is 4.57 Å². The standard InChI is InChI=1S/C17H24N4O/c1-4-7-12-21-16(22)14-10-8-9-11-15(14)18-17(21)20-19-13(5-2)6-3/h8-11,13H,4-7,12H2,1-3H3. The molecule has 118 valence electrons. The molecule has 0 N–H and O–H groups in total. The van der Waals surface area contributed by atoms with Gasteiger partial charge in [-0.2, -0.15) is 5.11 Å². The number of para-hydroxylation sites is 1. The van der Waals surface area contributed by atoms with E-state index in [0.717, 1.165) is 25.7 Å². The van der Waals surface area contributed by atoms with Crippen molar-refractivity contribution in [2.24, 2.45) is 10.2 Å². The number of fused-ring (bicyclic) bond motifs is 1. The van der Waals surface area contributed by atoms with Crippen molar-refractivity contribution in [2.45, 2.75) is 59.0 Å². The topological polar surface area (TPSA) is 59.6 Å². The lowest BCUT2D eigenvalue weighted by atomic mass is 10.2. The summed E-state index contributed by atoms with van der Waals surface area (Å²) in [6, 6.07) is 7.59. The van der Waals surface area contributed by atoms with Crippen molar-refractivity contribution in [3.05, 3.63) is 34.6 Å². The molecule has 0 aliphatic carbocycles. The van der Waals surface area contributed by atoms with Gasteiger partial charge in [-0.1, -0.05) is 39.3 Å². The monoisotopic (exact) mass is 300 g/mol. The van der Waals surface area contributed by atoms with Gasteiger partial charge in [-0.05, 0) is 31.4 Å². The first-order valence-electron chi connectivity index (χ1n) is 8.11. The van der Waals surface area contributed by atoms with Crippen LogP contribution >= 0.6 is 0 Å². The molecule has 0 radical (unpaired) electrons. The van der Waals surface area contributed by atoms with Gasteiger partial charge in [0.1, 0.15) is 0 Å². The number of benzene rings is 1. The van der Waals surface area contributed by atoms with Crippen LogP contribution in [0.2, 0.25) is 0 Å². The Labute approximate surface area is 131 Å². The summed E-state index contributed by atoms with van der Waals surface area (Å²) < 4.78 is 1.65. The van der Waals surface area contributed by atoms with Crippen molar-refractivity contribution in [1.82, 2.24) is 9.55 Å². The second-order valence-corrected chi connectivity index (χ2v) is 5.43. The molecule has 0 saturated carbocycles. The van der Waals surface area contributed by atoms with E-state index in [4.69, 9.17) is 0 Å². The van der Waals surface area contributed by atoms with Gasteiger partial charge in [0, 0.05) is 6.54 Å². The summed E-state index contributed by atoms with van der Waals surface area (Å²) >= 11 is 0. The number of aromatic nitrogens is 2. The molecule has 1 aromatic heterocycles. The number of nitrogens with zero attached hydrogens (tertiary/aromatic N) is 4. The Hall–Kier alpha value is -2.04. The minimum atomic E-state index is -0.0300. The van der Waals surface area contributed by atoms with Crippen molar-refractivity contribution in [3.8, 4) is 0 Å². The normalized spacial score (nSPS) is 11.8. The summed E-state index contributed by atoms with van der Waals surface area (Å²) in [5.41, 5.74) is 0.649. The van der Waals surface area contributed by atoms with Crippen LogP contribution in [-0.4, -0.2) is 15.6 Å². The molecule has 1 aromatic carbocycles. The zero-order valence-electron chi connectivity index (χ0n) is 13.6. The van der Waals surface area contributed by atoms with Crippen molar-refractivity contribution in [1.29, 1.82) is 0 Å². The molecule has 0 saturated heterocycles. The van der Waals surface area contributed by atoms with E-state index in [9.17, 15) is 4.79 Å². The van der Waals surface area contributed by atoms with E-state index < -0.39 is 0 Å². The van der Waals surface area contributed by atoms with Gasteiger partial charge in [0.25, 0.3) is 11.5 Å². The highest BCUT2D eigenvalue weighted by Crippen LogP contribution is 2.16. The molecule has 0 atom stereocenters. The van der Waals surface area contributed by atoms with E-state index in [-0.39, 0.29) is 11.6 Å². The molecule has 0 aliphatic heterocycles. The Morgan fingerprint density at radius 2 is 1.91 bits per heavy atom. The molecule has 5 heteroatoms. The average molecular weight is 300 g/mol. The van der Waals surface area contributed by atoms with Gasteiger partial charge in [-0.25, -0.2) is 4.98 Å². The molecule has 0 spiro atoms.